The smallest absolute Gasteiger partial charge is 0.162 e. The van der Waals surface area contributed by atoms with Crippen molar-refractivity contribution in [2.45, 2.75) is 33.9 Å². The zero-order valence-electron chi connectivity index (χ0n) is 13.5. The van der Waals surface area contributed by atoms with E-state index in [2.05, 4.69) is 30.3 Å². The van der Waals surface area contributed by atoms with Gasteiger partial charge in [0.05, 0.1) is 11.7 Å². The summed E-state index contributed by atoms with van der Waals surface area (Å²) in [5, 5.41) is 1.12. The van der Waals surface area contributed by atoms with Crippen molar-refractivity contribution in [3.63, 3.8) is 0 Å². The number of aryl methyl sites for hydroxylation is 2. The van der Waals surface area contributed by atoms with E-state index in [0.717, 1.165) is 28.8 Å². The van der Waals surface area contributed by atoms with Gasteiger partial charge in [-0.25, -0.2) is 4.39 Å². The molecular formula is C18H20ClFN2O. The molecule has 0 atom stereocenters. The van der Waals surface area contributed by atoms with Crippen LogP contribution in [0, 0.1) is 19.7 Å². The van der Waals surface area contributed by atoms with E-state index in [4.69, 9.17) is 4.74 Å². The first kappa shape index (κ1) is 17.3. The number of fused-ring (bicyclic) bond motifs is 1. The summed E-state index contributed by atoms with van der Waals surface area (Å²) < 4.78 is 21.1. The van der Waals surface area contributed by atoms with Crippen LogP contribution in [0.4, 0.5) is 4.39 Å². The van der Waals surface area contributed by atoms with Crippen molar-refractivity contribution in [2.24, 2.45) is 0 Å². The molecule has 0 fully saturated rings. The Labute approximate surface area is 141 Å². The molecule has 3 aromatic rings. The predicted octanol–water partition coefficient (Wildman–Crippen LogP) is 4.81. The summed E-state index contributed by atoms with van der Waals surface area (Å²) >= 11 is 0. The van der Waals surface area contributed by atoms with Gasteiger partial charge in [0, 0.05) is 23.8 Å². The maximum atomic E-state index is 12.9. The average molecular weight is 335 g/mol. The average Bonchev–Trinajstić information content (AvgIpc) is 2.79. The van der Waals surface area contributed by atoms with Crippen molar-refractivity contribution < 1.29 is 9.13 Å². The molecule has 2 aromatic heterocycles. The first-order chi connectivity index (χ1) is 10.6. The Bertz CT molecular complexity index is 812. The summed E-state index contributed by atoms with van der Waals surface area (Å²) in [6, 6.07) is 6.36. The van der Waals surface area contributed by atoms with Gasteiger partial charge in [-0.3, -0.25) is 4.98 Å². The van der Waals surface area contributed by atoms with Gasteiger partial charge in [-0.05, 0) is 44.0 Å². The van der Waals surface area contributed by atoms with E-state index in [1.165, 1.54) is 23.4 Å². The monoisotopic (exact) mass is 334 g/mol. The van der Waals surface area contributed by atoms with E-state index in [1.54, 1.807) is 18.3 Å². The van der Waals surface area contributed by atoms with Crippen LogP contribution in [0.1, 0.15) is 23.7 Å². The molecule has 3 nitrogen and oxygen atoms in total. The lowest BCUT2D eigenvalue weighted by Gasteiger charge is -2.11. The molecule has 0 radical (unpaired) electrons. The van der Waals surface area contributed by atoms with E-state index in [0.29, 0.717) is 6.61 Å². The Morgan fingerprint density at radius 3 is 2.48 bits per heavy atom. The van der Waals surface area contributed by atoms with Gasteiger partial charge >= 0.3 is 0 Å². The molecule has 0 amide bonds. The highest BCUT2D eigenvalue weighted by atomic mass is 35.5. The van der Waals surface area contributed by atoms with Crippen LogP contribution in [0.15, 0.2) is 36.7 Å². The molecular weight excluding hydrogens is 315 g/mol. The lowest BCUT2D eigenvalue weighted by Crippen LogP contribution is -2.01. The largest absolute Gasteiger partial charge is 0.485 e. The third kappa shape index (κ3) is 3.17. The fourth-order valence-corrected chi connectivity index (χ4v) is 2.80. The number of aromatic nitrogens is 2. The summed E-state index contributed by atoms with van der Waals surface area (Å²) in [6.45, 7) is 7.62. The molecule has 0 spiro atoms. The molecule has 3 rings (SSSR count). The minimum Gasteiger partial charge on any atom is -0.485 e. The van der Waals surface area contributed by atoms with Crippen molar-refractivity contribution in [3.8, 4) is 5.75 Å². The molecule has 0 saturated carbocycles. The van der Waals surface area contributed by atoms with Crippen LogP contribution in [-0.4, -0.2) is 9.55 Å². The molecule has 0 aliphatic heterocycles. The van der Waals surface area contributed by atoms with Crippen LogP contribution in [0.3, 0.4) is 0 Å². The SMILES string of the molecule is CCn1c(C)c(C)c2cncc(OCc3ccc(F)cc3)c21.Cl. The van der Waals surface area contributed by atoms with Gasteiger partial charge in [0.25, 0.3) is 0 Å². The van der Waals surface area contributed by atoms with Gasteiger partial charge in [-0.1, -0.05) is 12.1 Å². The van der Waals surface area contributed by atoms with E-state index < -0.39 is 0 Å². The Hall–Kier alpha value is -2.07. The number of pyridine rings is 1. The molecule has 0 aliphatic carbocycles. The summed E-state index contributed by atoms with van der Waals surface area (Å²) in [5.74, 6) is 0.526. The number of nitrogens with zero attached hydrogens (tertiary/aromatic N) is 2. The normalized spacial score (nSPS) is 10.6. The second kappa shape index (κ2) is 7.01. The fraction of sp³-hybridized carbons (Fsp3) is 0.278. The molecule has 2 heterocycles. The van der Waals surface area contributed by atoms with Crippen molar-refractivity contribution in [2.75, 3.05) is 0 Å². The quantitative estimate of drug-likeness (QED) is 0.684. The first-order valence-electron chi connectivity index (χ1n) is 7.42. The second-order valence-electron chi connectivity index (χ2n) is 5.40. The van der Waals surface area contributed by atoms with Gasteiger partial charge in [0.15, 0.2) is 5.75 Å². The van der Waals surface area contributed by atoms with Crippen molar-refractivity contribution in [1.29, 1.82) is 0 Å². The highest BCUT2D eigenvalue weighted by Crippen LogP contribution is 2.31. The Morgan fingerprint density at radius 1 is 1.13 bits per heavy atom. The summed E-state index contributed by atoms with van der Waals surface area (Å²) in [7, 11) is 0. The van der Waals surface area contributed by atoms with Gasteiger partial charge < -0.3 is 9.30 Å². The Kier molecular flexibility index (Phi) is 5.26. The topological polar surface area (TPSA) is 27.1 Å². The van der Waals surface area contributed by atoms with Gasteiger partial charge in [0.2, 0.25) is 0 Å². The number of rotatable bonds is 4. The molecule has 0 N–H and O–H groups in total. The van der Waals surface area contributed by atoms with Gasteiger partial charge in [0.1, 0.15) is 12.4 Å². The second-order valence-corrected chi connectivity index (χ2v) is 5.40. The van der Waals surface area contributed by atoms with Crippen LogP contribution >= 0.6 is 12.4 Å². The third-order valence-electron chi connectivity index (χ3n) is 4.13. The Balaban J connectivity index is 0.00000192. The molecule has 0 aliphatic rings. The lowest BCUT2D eigenvalue weighted by molar-refractivity contribution is 0.307. The summed E-state index contributed by atoms with van der Waals surface area (Å²) in [4.78, 5) is 4.29. The standard InChI is InChI=1S/C18H19FN2O.ClH/c1-4-21-13(3)12(2)16-9-20-10-17(18(16)21)22-11-14-5-7-15(19)8-6-14;/h5-10H,4,11H2,1-3H3;1H. The van der Waals surface area contributed by atoms with Crippen LogP contribution < -0.4 is 4.74 Å². The highest BCUT2D eigenvalue weighted by Gasteiger charge is 2.14. The molecule has 122 valence electrons. The minimum atomic E-state index is -0.237. The predicted molar refractivity (Wildman–Crippen MR) is 92.9 cm³/mol. The number of ether oxygens (including phenoxy) is 1. The molecule has 5 heteroatoms. The first-order valence-corrected chi connectivity index (χ1v) is 7.42. The van der Waals surface area contributed by atoms with Crippen LogP contribution in [0.5, 0.6) is 5.75 Å². The summed E-state index contributed by atoms with van der Waals surface area (Å²) in [6.07, 6.45) is 3.63. The van der Waals surface area contributed by atoms with Crippen LogP contribution in [-0.2, 0) is 13.2 Å². The van der Waals surface area contributed by atoms with Crippen molar-refractivity contribution in [3.05, 3.63) is 59.3 Å². The zero-order chi connectivity index (χ0) is 15.7. The number of benzene rings is 1. The van der Waals surface area contributed by atoms with Crippen molar-refractivity contribution >= 4 is 23.3 Å². The number of hydrogen-bond acceptors (Lipinski definition) is 2. The highest BCUT2D eigenvalue weighted by molar-refractivity contribution is 5.89. The molecule has 0 bridgehead atoms. The van der Waals surface area contributed by atoms with Crippen LogP contribution in [0.25, 0.3) is 10.9 Å². The lowest BCUT2D eigenvalue weighted by atomic mass is 10.2. The molecule has 0 unspecified atom stereocenters. The number of hydrogen-bond donors (Lipinski definition) is 0. The van der Waals surface area contributed by atoms with E-state index in [1.807, 2.05) is 6.20 Å². The van der Waals surface area contributed by atoms with E-state index >= 15 is 0 Å². The number of halogens is 2. The fourth-order valence-electron chi connectivity index (χ4n) is 2.80. The minimum absolute atomic E-state index is 0. The molecule has 1 aromatic carbocycles. The zero-order valence-corrected chi connectivity index (χ0v) is 14.3. The maximum absolute atomic E-state index is 12.9. The summed E-state index contributed by atoms with van der Waals surface area (Å²) in [5.41, 5.74) is 4.48. The Morgan fingerprint density at radius 2 is 1.83 bits per heavy atom. The van der Waals surface area contributed by atoms with Crippen molar-refractivity contribution in [1.82, 2.24) is 9.55 Å². The third-order valence-corrected chi connectivity index (χ3v) is 4.13. The van der Waals surface area contributed by atoms with E-state index in [9.17, 15) is 4.39 Å². The van der Waals surface area contributed by atoms with Gasteiger partial charge in [-0.15, -0.1) is 12.4 Å². The van der Waals surface area contributed by atoms with E-state index in [-0.39, 0.29) is 18.2 Å². The molecule has 0 saturated heterocycles. The molecule has 23 heavy (non-hydrogen) atoms. The maximum Gasteiger partial charge on any atom is 0.162 e. The van der Waals surface area contributed by atoms with Gasteiger partial charge in [-0.2, -0.15) is 0 Å². The van der Waals surface area contributed by atoms with Crippen LogP contribution in [0.2, 0.25) is 0 Å².